The Balaban J connectivity index is 2.18. The SMILES string of the molecule is CS(=O)(=O)NCCCn1c(CCCl)nc2cc(Br)ccc21. The van der Waals surface area contributed by atoms with E-state index in [9.17, 15) is 8.42 Å². The number of nitrogens with one attached hydrogen (secondary N) is 1. The average molecular weight is 395 g/mol. The van der Waals surface area contributed by atoms with Gasteiger partial charge >= 0.3 is 0 Å². The molecule has 1 aromatic heterocycles. The van der Waals surface area contributed by atoms with E-state index in [0.717, 1.165) is 27.6 Å². The predicted molar refractivity (Wildman–Crippen MR) is 89.3 cm³/mol. The van der Waals surface area contributed by atoms with Crippen LogP contribution in [0.3, 0.4) is 0 Å². The molecule has 0 spiro atoms. The number of aromatic nitrogens is 2. The first-order valence-corrected chi connectivity index (χ1v) is 9.78. The van der Waals surface area contributed by atoms with Gasteiger partial charge in [0.15, 0.2) is 0 Å². The minimum Gasteiger partial charge on any atom is -0.328 e. The molecule has 2 rings (SSSR count). The summed E-state index contributed by atoms with van der Waals surface area (Å²) in [5.41, 5.74) is 1.96. The van der Waals surface area contributed by atoms with Crippen molar-refractivity contribution in [2.24, 2.45) is 0 Å². The Labute approximate surface area is 137 Å². The summed E-state index contributed by atoms with van der Waals surface area (Å²) in [4.78, 5) is 4.60. The van der Waals surface area contributed by atoms with E-state index in [1.54, 1.807) is 0 Å². The van der Waals surface area contributed by atoms with Crippen molar-refractivity contribution in [2.75, 3.05) is 18.7 Å². The number of alkyl halides is 1. The molecule has 0 saturated carbocycles. The Morgan fingerprint density at radius 1 is 1.43 bits per heavy atom. The molecule has 21 heavy (non-hydrogen) atoms. The number of fused-ring (bicyclic) bond motifs is 1. The Morgan fingerprint density at radius 2 is 2.19 bits per heavy atom. The quantitative estimate of drug-likeness (QED) is 0.580. The second-order valence-corrected chi connectivity index (χ2v) is 7.90. The molecule has 0 radical (unpaired) electrons. The lowest BCUT2D eigenvalue weighted by Crippen LogP contribution is -2.24. The van der Waals surface area contributed by atoms with E-state index in [1.165, 1.54) is 0 Å². The highest BCUT2D eigenvalue weighted by atomic mass is 79.9. The number of nitrogens with zero attached hydrogens (tertiary/aromatic N) is 2. The fourth-order valence-electron chi connectivity index (χ4n) is 2.17. The van der Waals surface area contributed by atoms with Crippen molar-refractivity contribution >= 4 is 48.6 Å². The third-order valence-corrected chi connectivity index (χ3v) is 4.44. The van der Waals surface area contributed by atoms with E-state index < -0.39 is 10.0 Å². The number of sulfonamides is 1. The van der Waals surface area contributed by atoms with Gasteiger partial charge in [-0.15, -0.1) is 11.6 Å². The zero-order chi connectivity index (χ0) is 15.5. The van der Waals surface area contributed by atoms with Crippen molar-refractivity contribution in [1.82, 2.24) is 14.3 Å². The van der Waals surface area contributed by atoms with Gasteiger partial charge in [-0.05, 0) is 24.6 Å². The van der Waals surface area contributed by atoms with Crippen LogP contribution in [0.25, 0.3) is 11.0 Å². The molecule has 0 fully saturated rings. The standard InChI is InChI=1S/C13H17BrClN3O2S/c1-21(19,20)16-7-2-8-18-12-4-3-10(14)9-11(12)17-13(18)5-6-15/h3-4,9,16H,2,5-8H2,1H3. The molecule has 0 unspecified atom stereocenters. The van der Waals surface area contributed by atoms with E-state index >= 15 is 0 Å². The highest BCUT2D eigenvalue weighted by Gasteiger charge is 2.10. The molecule has 0 aliphatic carbocycles. The summed E-state index contributed by atoms with van der Waals surface area (Å²) in [5.74, 6) is 1.43. The van der Waals surface area contributed by atoms with Gasteiger partial charge in [0.25, 0.3) is 0 Å². The second kappa shape index (κ2) is 7.09. The first-order valence-electron chi connectivity index (χ1n) is 6.56. The molecule has 0 aliphatic rings. The summed E-state index contributed by atoms with van der Waals surface area (Å²) in [6.45, 7) is 1.11. The topological polar surface area (TPSA) is 64.0 Å². The van der Waals surface area contributed by atoms with E-state index in [2.05, 4.69) is 30.2 Å². The minimum absolute atomic E-state index is 0.412. The van der Waals surface area contributed by atoms with E-state index in [1.807, 2.05) is 18.2 Å². The first kappa shape index (κ1) is 16.7. The van der Waals surface area contributed by atoms with Gasteiger partial charge < -0.3 is 4.57 Å². The van der Waals surface area contributed by atoms with Crippen LogP contribution in [0.1, 0.15) is 12.2 Å². The number of rotatable bonds is 7. The van der Waals surface area contributed by atoms with Crippen LogP contribution in [0.15, 0.2) is 22.7 Å². The number of benzene rings is 1. The summed E-state index contributed by atoms with van der Waals surface area (Å²) in [6, 6.07) is 5.95. The van der Waals surface area contributed by atoms with Crippen LogP contribution in [0.4, 0.5) is 0 Å². The van der Waals surface area contributed by atoms with Crippen molar-refractivity contribution in [1.29, 1.82) is 0 Å². The lowest BCUT2D eigenvalue weighted by atomic mass is 10.3. The van der Waals surface area contributed by atoms with Gasteiger partial charge in [0.2, 0.25) is 10.0 Å². The van der Waals surface area contributed by atoms with Crippen LogP contribution in [0.5, 0.6) is 0 Å². The van der Waals surface area contributed by atoms with Crippen LogP contribution >= 0.6 is 27.5 Å². The maximum absolute atomic E-state index is 11.1. The number of hydrogen-bond donors (Lipinski definition) is 1. The lowest BCUT2D eigenvalue weighted by molar-refractivity contribution is 0.574. The summed E-state index contributed by atoms with van der Waals surface area (Å²) in [7, 11) is -3.14. The maximum Gasteiger partial charge on any atom is 0.208 e. The molecule has 5 nitrogen and oxygen atoms in total. The number of halogens is 2. The number of aryl methyl sites for hydroxylation is 2. The van der Waals surface area contributed by atoms with Gasteiger partial charge in [0.05, 0.1) is 17.3 Å². The van der Waals surface area contributed by atoms with Gasteiger partial charge in [-0.1, -0.05) is 15.9 Å². The fourth-order valence-corrected chi connectivity index (χ4v) is 3.21. The van der Waals surface area contributed by atoms with E-state index in [4.69, 9.17) is 11.6 Å². The summed E-state index contributed by atoms with van der Waals surface area (Å²) in [5, 5.41) is 0. The highest BCUT2D eigenvalue weighted by Crippen LogP contribution is 2.21. The summed E-state index contributed by atoms with van der Waals surface area (Å²) < 4.78 is 27.7. The van der Waals surface area contributed by atoms with Crippen molar-refractivity contribution in [3.8, 4) is 0 Å². The smallest absolute Gasteiger partial charge is 0.208 e. The van der Waals surface area contributed by atoms with E-state index in [0.29, 0.717) is 31.8 Å². The molecule has 8 heteroatoms. The van der Waals surface area contributed by atoms with Gasteiger partial charge in [-0.3, -0.25) is 0 Å². The molecule has 0 atom stereocenters. The Bertz CT molecular complexity index is 730. The fraction of sp³-hybridized carbons (Fsp3) is 0.462. The molecule has 0 aliphatic heterocycles. The van der Waals surface area contributed by atoms with Crippen molar-refractivity contribution in [3.05, 3.63) is 28.5 Å². The number of hydrogen-bond acceptors (Lipinski definition) is 3. The van der Waals surface area contributed by atoms with Gasteiger partial charge in [0, 0.05) is 29.9 Å². The highest BCUT2D eigenvalue weighted by molar-refractivity contribution is 9.10. The van der Waals surface area contributed by atoms with Crippen LogP contribution in [-0.4, -0.2) is 36.6 Å². The second-order valence-electron chi connectivity index (χ2n) is 4.77. The van der Waals surface area contributed by atoms with Crippen molar-refractivity contribution in [3.63, 3.8) is 0 Å². The van der Waals surface area contributed by atoms with Crippen LogP contribution in [0.2, 0.25) is 0 Å². The molecule has 0 saturated heterocycles. The normalized spacial score (nSPS) is 12.1. The molecule has 0 bridgehead atoms. The van der Waals surface area contributed by atoms with Crippen LogP contribution < -0.4 is 4.72 Å². The number of imidazole rings is 1. The third kappa shape index (κ3) is 4.67. The van der Waals surface area contributed by atoms with E-state index in [-0.39, 0.29) is 0 Å². The molecule has 2 aromatic rings. The largest absolute Gasteiger partial charge is 0.328 e. The third-order valence-electron chi connectivity index (χ3n) is 3.03. The summed E-state index contributed by atoms with van der Waals surface area (Å²) >= 11 is 9.27. The van der Waals surface area contributed by atoms with Crippen LogP contribution in [0, 0.1) is 0 Å². The molecule has 1 aromatic carbocycles. The van der Waals surface area contributed by atoms with Gasteiger partial charge in [-0.2, -0.15) is 0 Å². The molecular weight excluding hydrogens is 378 g/mol. The predicted octanol–water partition coefficient (Wildman–Crippen LogP) is 2.52. The van der Waals surface area contributed by atoms with Gasteiger partial charge in [0.1, 0.15) is 5.82 Å². The Kier molecular flexibility index (Phi) is 5.65. The zero-order valence-electron chi connectivity index (χ0n) is 11.6. The van der Waals surface area contributed by atoms with Crippen molar-refractivity contribution in [2.45, 2.75) is 19.4 Å². The zero-order valence-corrected chi connectivity index (χ0v) is 14.8. The molecule has 116 valence electrons. The molecule has 0 amide bonds. The molecular formula is C13H17BrClN3O2S. The Morgan fingerprint density at radius 3 is 2.86 bits per heavy atom. The van der Waals surface area contributed by atoms with Crippen molar-refractivity contribution < 1.29 is 8.42 Å². The molecule has 1 N–H and O–H groups in total. The lowest BCUT2D eigenvalue weighted by Gasteiger charge is -2.09. The maximum atomic E-state index is 11.1. The monoisotopic (exact) mass is 393 g/mol. The average Bonchev–Trinajstić information content (AvgIpc) is 2.71. The Hall–Kier alpha value is -0.630. The van der Waals surface area contributed by atoms with Gasteiger partial charge in [-0.25, -0.2) is 18.1 Å². The van der Waals surface area contributed by atoms with Crippen LogP contribution in [-0.2, 0) is 23.0 Å². The molecule has 1 heterocycles. The summed E-state index contributed by atoms with van der Waals surface area (Å²) in [6.07, 6.45) is 2.55. The minimum atomic E-state index is -3.14. The first-order chi connectivity index (χ1) is 9.90.